The fourth-order valence-corrected chi connectivity index (χ4v) is 1.15. The van der Waals surface area contributed by atoms with Gasteiger partial charge in [-0.25, -0.2) is 4.79 Å². The lowest BCUT2D eigenvalue weighted by Crippen LogP contribution is -2.30. The van der Waals surface area contributed by atoms with Crippen molar-refractivity contribution in [3.8, 4) is 0 Å². The van der Waals surface area contributed by atoms with Crippen LogP contribution in [0.5, 0.6) is 0 Å². The third kappa shape index (κ3) is 3.04. The van der Waals surface area contributed by atoms with E-state index in [2.05, 4.69) is 10.3 Å². The number of hydrogen-bond donors (Lipinski definition) is 1. The van der Waals surface area contributed by atoms with Crippen molar-refractivity contribution in [1.29, 1.82) is 0 Å². The zero-order valence-electron chi connectivity index (χ0n) is 8.65. The summed E-state index contributed by atoms with van der Waals surface area (Å²) in [4.78, 5) is 25.3. The Morgan fingerprint density at radius 3 is 2.67 bits per heavy atom. The second-order valence-electron chi connectivity index (χ2n) is 3.35. The number of para-hydroxylation sites is 1. The zero-order chi connectivity index (χ0) is 11.3. The Balaban J connectivity index is 3.02. The molecule has 0 radical (unpaired) electrons. The van der Waals surface area contributed by atoms with E-state index in [0.717, 1.165) is 0 Å². The lowest BCUT2D eigenvalue weighted by atomic mass is 10.1. The summed E-state index contributed by atoms with van der Waals surface area (Å²) in [6, 6.07) is 6.70. The summed E-state index contributed by atoms with van der Waals surface area (Å²) in [7, 11) is 0. The zero-order valence-corrected chi connectivity index (χ0v) is 8.65. The van der Waals surface area contributed by atoms with E-state index in [9.17, 15) is 9.59 Å². The van der Waals surface area contributed by atoms with Crippen LogP contribution in [0.1, 0.15) is 24.2 Å². The largest absolute Gasteiger partial charge is 0.350 e. The highest BCUT2D eigenvalue weighted by atomic mass is 16.1. The number of nitrogens with zero attached hydrogens (tertiary/aromatic N) is 1. The number of carbonyl (C=O) groups excluding carboxylic acids is 2. The fraction of sp³-hybridized carbons (Fsp3) is 0.273. The molecule has 0 saturated heterocycles. The lowest BCUT2D eigenvalue weighted by Gasteiger charge is -2.09. The first kappa shape index (κ1) is 11.1. The summed E-state index contributed by atoms with van der Waals surface area (Å²) >= 11 is 0. The van der Waals surface area contributed by atoms with Crippen LogP contribution in [-0.4, -0.2) is 18.0 Å². The molecule has 0 saturated carbocycles. The predicted octanol–water partition coefficient (Wildman–Crippen LogP) is 1.79. The topological polar surface area (TPSA) is 58.5 Å². The van der Waals surface area contributed by atoms with Crippen LogP contribution in [0.4, 0.5) is 5.69 Å². The van der Waals surface area contributed by atoms with E-state index in [1.54, 1.807) is 24.3 Å². The van der Waals surface area contributed by atoms with Gasteiger partial charge in [0.15, 0.2) is 0 Å². The molecular formula is C11H12N2O2. The molecule has 1 amide bonds. The molecule has 1 rings (SSSR count). The molecule has 0 aromatic heterocycles. The standard InChI is InChI=1S/C11H12N2O2/c1-8(2)13-11(15)9-5-3-4-6-10(9)12-7-14/h3-6,8H,1-2H3,(H,13,15). The molecule has 15 heavy (non-hydrogen) atoms. The molecule has 1 aromatic rings. The van der Waals surface area contributed by atoms with Gasteiger partial charge in [-0.15, -0.1) is 0 Å². The van der Waals surface area contributed by atoms with Crippen LogP contribution in [0, 0.1) is 0 Å². The molecule has 4 nitrogen and oxygen atoms in total. The monoisotopic (exact) mass is 204 g/mol. The molecule has 1 aromatic carbocycles. The van der Waals surface area contributed by atoms with Crippen LogP contribution < -0.4 is 5.32 Å². The molecule has 78 valence electrons. The van der Waals surface area contributed by atoms with Crippen LogP contribution in [0.15, 0.2) is 29.3 Å². The van der Waals surface area contributed by atoms with E-state index >= 15 is 0 Å². The first-order valence-corrected chi connectivity index (χ1v) is 4.63. The van der Waals surface area contributed by atoms with Crippen molar-refractivity contribution >= 4 is 17.7 Å². The summed E-state index contributed by atoms with van der Waals surface area (Å²) in [5, 5.41) is 2.73. The van der Waals surface area contributed by atoms with Gasteiger partial charge in [0.25, 0.3) is 5.91 Å². The van der Waals surface area contributed by atoms with Crippen LogP contribution in [0.3, 0.4) is 0 Å². The van der Waals surface area contributed by atoms with E-state index in [4.69, 9.17) is 0 Å². The number of benzene rings is 1. The van der Waals surface area contributed by atoms with Crippen molar-refractivity contribution in [3.05, 3.63) is 29.8 Å². The first-order chi connectivity index (χ1) is 7.15. The molecule has 1 N–H and O–H groups in total. The number of hydrogen-bond acceptors (Lipinski definition) is 3. The average Bonchev–Trinajstić information content (AvgIpc) is 2.18. The maximum Gasteiger partial charge on any atom is 0.253 e. The minimum Gasteiger partial charge on any atom is -0.350 e. The van der Waals surface area contributed by atoms with Crippen LogP contribution in [0.2, 0.25) is 0 Å². The third-order valence-electron chi connectivity index (χ3n) is 1.73. The number of carbonyl (C=O) groups is 1. The van der Waals surface area contributed by atoms with Crippen LogP contribution in [0.25, 0.3) is 0 Å². The molecule has 4 heteroatoms. The molecule has 0 aliphatic heterocycles. The van der Waals surface area contributed by atoms with Gasteiger partial charge in [-0.05, 0) is 26.0 Å². The fourth-order valence-electron chi connectivity index (χ4n) is 1.15. The quantitative estimate of drug-likeness (QED) is 0.602. The van der Waals surface area contributed by atoms with E-state index in [0.29, 0.717) is 11.3 Å². The third-order valence-corrected chi connectivity index (χ3v) is 1.73. The summed E-state index contributed by atoms with van der Waals surface area (Å²) in [6.07, 6.45) is 1.43. The number of amides is 1. The Morgan fingerprint density at radius 2 is 2.07 bits per heavy atom. The molecule has 0 spiro atoms. The van der Waals surface area contributed by atoms with Crippen LogP contribution >= 0.6 is 0 Å². The number of nitrogens with one attached hydrogen (secondary N) is 1. The summed E-state index contributed by atoms with van der Waals surface area (Å²) < 4.78 is 0. The van der Waals surface area contributed by atoms with Crippen molar-refractivity contribution in [2.24, 2.45) is 4.99 Å². The molecule has 0 aliphatic rings. The van der Waals surface area contributed by atoms with Crippen molar-refractivity contribution in [2.45, 2.75) is 19.9 Å². The smallest absolute Gasteiger partial charge is 0.253 e. The first-order valence-electron chi connectivity index (χ1n) is 4.63. The predicted molar refractivity (Wildman–Crippen MR) is 56.8 cm³/mol. The maximum absolute atomic E-state index is 11.6. The molecular weight excluding hydrogens is 192 g/mol. The van der Waals surface area contributed by atoms with Gasteiger partial charge < -0.3 is 5.32 Å². The second kappa shape index (κ2) is 5.08. The highest BCUT2D eigenvalue weighted by Crippen LogP contribution is 2.17. The van der Waals surface area contributed by atoms with Crippen molar-refractivity contribution in [2.75, 3.05) is 0 Å². The molecule has 0 aliphatic carbocycles. The van der Waals surface area contributed by atoms with Gasteiger partial charge in [0.1, 0.15) is 0 Å². The molecule has 0 bridgehead atoms. The van der Waals surface area contributed by atoms with Gasteiger partial charge in [0.2, 0.25) is 6.08 Å². The minimum atomic E-state index is -0.236. The highest BCUT2D eigenvalue weighted by molar-refractivity contribution is 5.99. The van der Waals surface area contributed by atoms with Crippen molar-refractivity contribution < 1.29 is 9.59 Å². The van der Waals surface area contributed by atoms with Crippen molar-refractivity contribution in [1.82, 2.24) is 5.32 Å². The normalized spacial score (nSPS) is 9.53. The summed E-state index contributed by atoms with van der Waals surface area (Å²) in [6.45, 7) is 3.73. The van der Waals surface area contributed by atoms with E-state index in [-0.39, 0.29) is 11.9 Å². The lowest BCUT2D eigenvalue weighted by molar-refractivity contribution is 0.0944. The highest BCUT2D eigenvalue weighted by Gasteiger charge is 2.10. The van der Waals surface area contributed by atoms with Gasteiger partial charge in [-0.1, -0.05) is 12.1 Å². The SMILES string of the molecule is CC(C)NC(=O)c1ccccc1N=C=O. The molecule has 0 heterocycles. The molecule has 0 unspecified atom stereocenters. The van der Waals surface area contributed by atoms with Gasteiger partial charge in [-0.3, -0.25) is 4.79 Å². The Hall–Kier alpha value is -1.93. The van der Waals surface area contributed by atoms with Gasteiger partial charge in [0, 0.05) is 6.04 Å². The number of rotatable bonds is 3. The molecule has 0 fully saturated rings. The van der Waals surface area contributed by atoms with E-state index in [1.807, 2.05) is 13.8 Å². The van der Waals surface area contributed by atoms with E-state index < -0.39 is 0 Å². The van der Waals surface area contributed by atoms with E-state index in [1.165, 1.54) is 6.08 Å². The average molecular weight is 204 g/mol. The Morgan fingerprint density at radius 1 is 1.40 bits per heavy atom. The van der Waals surface area contributed by atoms with Crippen molar-refractivity contribution in [3.63, 3.8) is 0 Å². The van der Waals surface area contributed by atoms with Gasteiger partial charge in [-0.2, -0.15) is 4.99 Å². The second-order valence-corrected chi connectivity index (χ2v) is 3.35. The minimum absolute atomic E-state index is 0.0470. The summed E-state index contributed by atoms with van der Waals surface area (Å²) in [5.41, 5.74) is 0.722. The maximum atomic E-state index is 11.6. The Bertz CT molecular complexity index is 407. The molecule has 0 atom stereocenters. The Labute approximate surface area is 88.0 Å². The number of isocyanates is 1. The summed E-state index contributed by atoms with van der Waals surface area (Å²) in [5.74, 6) is -0.236. The van der Waals surface area contributed by atoms with Gasteiger partial charge in [0.05, 0.1) is 11.3 Å². The number of aliphatic imine (C=N–C) groups is 1. The Kier molecular flexibility index (Phi) is 3.77. The van der Waals surface area contributed by atoms with Gasteiger partial charge >= 0.3 is 0 Å². The van der Waals surface area contributed by atoms with Crippen LogP contribution in [-0.2, 0) is 4.79 Å².